The number of ether oxygens (including phenoxy) is 1. The third kappa shape index (κ3) is 15.9. The van der Waals surface area contributed by atoms with Crippen LogP contribution in [0.25, 0.3) is 0 Å². The van der Waals surface area contributed by atoms with Crippen LogP contribution in [0.3, 0.4) is 0 Å². The van der Waals surface area contributed by atoms with E-state index in [0.717, 1.165) is 12.8 Å². The summed E-state index contributed by atoms with van der Waals surface area (Å²) in [7, 11) is 0. The van der Waals surface area contributed by atoms with Crippen LogP contribution in [-0.2, 0) is 9.53 Å². The molecular formula is C21H40O2. The van der Waals surface area contributed by atoms with E-state index in [9.17, 15) is 4.79 Å². The number of hydrogen-bond donors (Lipinski definition) is 0. The summed E-state index contributed by atoms with van der Waals surface area (Å²) in [5.41, 5.74) is 0. The molecule has 0 heterocycles. The van der Waals surface area contributed by atoms with Gasteiger partial charge in [0.25, 0.3) is 0 Å². The summed E-state index contributed by atoms with van der Waals surface area (Å²) in [5, 5.41) is 0. The lowest BCUT2D eigenvalue weighted by molar-refractivity contribution is -0.150. The highest BCUT2D eigenvalue weighted by Crippen LogP contribution is 2.11. The fourth-order valence-electron chi connectivity index (χ4n) is 2.39. The van der Waals surface area contributed by atoms with Gasteiger partial charge in [-0.25, -0.2) is 0 Å². The highest BCUT2D eigenvalue weighted by Gasteiger charge is 2.12. The average molecular weight is 325 g/mol. The molecule has 0 amide bonds. The van der Waals surface area contributed by atoms with Crippen LogP contribution in [0.2, 0.25) is 0 Å². The van der Waals surface area contributed by atoms with Crippen molar-refractivity contribution in [1.82, 2.24) is 0 Å². The standard InChI is InChI=1S/C21H40O2/c1-5-6-7-8-9-10-11-12-13-14-15-16-17-18-21(22)23-20(4)19(2)3/h10-11,19-20H,5-9,12-18H2,1-4H3/b11-10+. The van der Waals surface area contributed by atoms with Crippen LogP contribution >= 0.6 is 0 Å². The summed E-state index contributed by atoms with van der Waals surface area (Å²) in [6, 6.07) is 0. The lowest BCUT2D eigenvalue weighted by atomic mass is 10.1. The molecule has 0 spiro atoms. The predicted molar refractivity (Wildman–Crippen MR) is 101 cm³/mol. The summed E-state index contributed by atoms with van der Waals surface area (Å²) >= 11 is 0. The minimum atomic E-state index is -0.0304. The zero-order valence-corrected chi connectivity index (χ0v) is 16.1. The number of carbonyl (C=O) groups is 1. The Bertz CT molecular complexity index is 294. The number of unbranched alkanes of at least 4 members (excludes halogenated alkanes) is 9. The largest absolute Gasteiger partial charge is 0.462 e. The van der Waals surface area contributed by atoms with E-state index in [1.807, 2.05) is 6.92 Å². The smallest absolute Gasteiger partial charge is 0.306 e. The Morgan fingerprint density at radius 2 is 1.35 bits per heavy atom. The van der Waals surface area contributed by atoms with Crippen molar-refractivity contribution in [3.05, 3.63) is 12.2 Å². The molecule has 1 unspecified atom stereocenters. The summed E-state index contributed by atoms with van der Waals surface area (Å²) in [4.78, 5) is 11.6. The van der Waals surface area contributed by atoms with E-state index >= 15 is 0 Å². The van der Waals surface area contributed by atoms with Crippen LogP contribution in [0.4, 0.5) is 0 Å². The van der Waals surface area contributed by atoms with Gasteiger partial charge >= 0.3 is 5.97 Å². The van der Waals surface area contributed by atoms with Crippen LogP contribution in [0.5, 0.6) is 0 Å². The molecule has 0 rings (SSSR count). The number of hydrogen-bond acceptors (Lipinski definition) is 2. The van der Waals surface area contributed by atoms with Crippen molar-refractivity contribution in [1.29, 1.82) is 0 Å². The van der Waals surface area contributed by atoms with E-state index in [2.05, 4.69) is 32.9 Å². The Labute approximate surface area is 145 Å². The molecule has 0 aliphatic heterocycles. The first kappa shape index (κ1) is 22.2. The second-order valence-corrected chi connectivity index (χ2v) is 7.07. The van der Waals surface area contributed by atoms with E-state index in [0.29, 0.717) is 12.3 Å². The fraction of sp³-hybridized carbons (Fsp3) is 0.857. The maximum atomic E-state index is 11.6. The summed E-state index contributed by atoms with van der Waals surface area (Å²) in [5.74, 6) is 0.371. The van der Waals surface area contributed by atoms with Crippen LogP contribution in [0, 0.1) is 5.92 Å². The molecule has 0 aliphatic carbocycles. The number of carbonyl (C=O) groups excluding carboxylic acids is 1. The van der Waals surface area contributed by atoms with Crippen LogP contribution in [0.15, 0.2) is 12.2 Å². The van der Waals surface area contributed by atoms with Crippen molar-refractivity contribution in [2.24, 2.45) is 5.92 Å². The Kier molecular flexibility index (Phi) is 15.5. The van der Waals surface area contributed by atoms with Crippen molar-refractivity contribution < 1.29 is 9.53 Å². The zero-order valence-electron chi connectivity index (χ0n) is 16.1. The number of esters is 1. The molecule has 0 N–H and O–H groups in total. The second kappa shape index (κ2) is 16.1. The monoisotopic (exact) mass is 324 g/mol. The fourth-order valence-corrected chi connectivity index (χ4v) is 2.39. The van der Waals surface area contributed by atoms with E-state index in [-0.39, 0.29) is 12.1 Å². The van der Waals surface area contributed by atoms with Crippen LogP contribution in [0.1, 0.15) is 105 Å². The number of allylic oxidation sites excluding steroid dienone is 2. The maximum Gasteiger partial charge on any atom is 0.306 e. The Hall–Kier alpha value is -0.790. The lowest BCUT2D eigenvalue weighted by Gasteiger charge is -2.16. The van der Waals surface area contributed by atoms with Crippen LogP contribution < -0.4 is 0 Å². The molecule has 23 heavy (non-hydrogen) atoms. The van der Waals surface area contributed by atoms with Gasteiger partial charge in [-0.1, -0.05) is 71.4 Å². The van der Waals surface area contributed by atoms with Crippen molar-refractivity contribution in [3.63, 3.8) is 0 Å². The molecule has 0 aliphatic rings. The van der Waals surface area contributed by atoms with E-state index in [4.69, 9.17) is 4.74 Å². The molecule has 0 aromatic rings. The molecule has 0 saturated carbocycles. The van der Waals surface area contributed by atoms with Gasteiger partial charge in [0.05, 0.1) is 0 Å². The lowest BCUT2D eigenvalue weighted by Crippen LogP contribution is -2.19. The minimum Gasteiger partial charge on any atom is -0.462 e. The third-order valence-corrected chi connectivity index (χ3v) is 4.40. The summed E-state index contributed by atoms with van der Waals surface area (Å²) < 4.78 is 5.37. The Morgan fingerprint density at radius 3 is 1.91 bits per heavy atom. The van der Waals surface area contributed by atoms with Gasteiger partial charge in [0.15, 0.2) is 0 Å². The summed E-state index contributed by atoms with van der Waals surface area (Å²) in [6.45, 7) is 8.39. The van der Waals surface area contributed by atoms with Gasteiger partial charge in [0.2, 0.25) is 0 Å². The molecule has 0 bridgehead atoms. The molecule has 0 aromatic carbocycles. The molecule has 136 valence electrons. The van der Waals surface area contributed by atoms with Crippen molar-refractivity contribution in [2.75, 3.05) is 0 Å². The van der Waals surface area contributed by atoms with Crippen LogP contribution in [-0.4, -0.2) is 12.1 Å². The topological polar surface area (TPSA) is 26.3 Å². The predicted octanol–water partition coefficient (Wildman–Crippen LogP) is 6.83. The molecule has 0 radical (unpaired) electrons. The average Bonchev–Trinajstić information content (AvgIpc) is 2.51. The maximum absolute atomic E-state index is 11.6. The first-order valence-corrected chi connectivity index (χ1v) is 9.92. The van der Waals surface area contributed by atoms with Gasteiger partial charge in [0.1, 0.15) is 6.10 Å². The van der Waals surface area contributed by atoms with Crippen molar-refractivity contribution in [3.8, 4) is 0 Å². The quantitative estimate of drug-likeness (QED) is 0.187. The van der Waals surface area contributed by atoms with Crippen molar-refractivity contribution >= 4 is 5.97 Å². The Morgan fingerprint density at radius 1 is 0.826 bits per heavy atom. The highest BCUT2D eigenvalue weighted by molar-refractivity contribution is 5.69. The molecule has 0 aromatic heterocycles. The van der Waals surface area contributed by atoms with E-state index < -0.39 is 0 Å². The third-order valence-electron chi connectivity index (χ3n) is 4.40. The molecule has 0 saturated heterocycles. The first-order chi connectivity index (χ1) is 11.1. The first-order valence-electron chi connectivity index (χ1n) is 9.92. The number of rotatable bonds is 15. The Balaban J connectivity index is 3.30. The molecule has 0 fully saturated rings. The molecular weight excluding hydrogens is 284 g/mol. The van der Waals surface area contributed by atoms with E-state index in [1.54, 1.807) is 0 Å². The molecule has 1 atom stereocenters. The van der Waals surface area contributed by atoms with E-state index in [1.165, 1.54) is 57.8 Å². The highest BCUT2D eigenvalue weighted by atomic mass is 16.5. The molecule has 2 heteroatoms. The van der Waals surface area contributed by atoms with Crippen molar-refractivity contribution in [2.45, 2.75) is 111 Å². The SMILES string of the molecule is CCCCCC/C=C/CCCCCCCC(=O)OC(C)C(C)C. The van der Waals surface area contributed by atoms with Gasteiger partial charge in [-0.15, -0.1) is 0 Å². The minimum absolute atomic E-state index is 0.0304. The zero-order chi connectivity index (χ0) is 17.3. The summed E-state index contributed by atoms with van der Waals surface area (Å²) in [6.07, 6.45) is 19.1. The van der Waals surface area contributed by atoms with Gasteiger partial charge in [0, 0.05) is 6.42 Å². The van der Waals surface area contributed by atoms with Gasteiger partial charge in [-0.05, 0) is 44.9 Å². The normalized spacial score (nSPS) is 12.9. The van der Waals surface area contributed by atoms with Gasteiger partial charge in [-0.2, -0.15) is 0 Å². The second-order valence-electron chi connectivity index (χ2n) is 7.07. The van der Waals surface area contributed by atoms with Gasteiger partial charge in [-0.3, -0.25) is 4.79 Å². The molecule has 2 nitrogen and oxygen atoms in total. The van der Waals surface area contributed by atoms with Gasteiger partial charge < -0.3 is 4.74 Å².